The summed E-state index contributed by atoms with van der Waals surface area (Å²) >= 11 is 6.07. The second kappa shape index (κ2) is 10.00. The topological polar surface area (TPSA) is 69.0 Å². The zero-order chi connectivity index (χ0) is 26.1. The Hall–Kier alpha value is -4.68. The van der Waals surface area contributed by atoms with Crippen molar-refractivity contribution in [2.45, 2.75) is 6.42 Å². The molecule has 5 aromatic rings. The van der Waals surface area contributed by atoms with Gasteiger partial charge in [-0.25, -0.2) is 4.98 Å². The Morgan fingerprint density at radius 3 is 2.16 bits per heavy atom. The molecule has 1 aliphatic rings. The number of fused-ring (bicyclic) bond motifs is 1. The maximum Gasteiger partial charge on any atom is 0.280 e. The fourth-order valence-corrected chi connectivity index (χ4v) is 4.86. The molecule has 0 unspecified atom stereocenters. The first-order chi connectivity index (χ1) is 18.6. The lowest BCUT2D eigenvalue weighted by Crippen LogP contribution is -2.26. The third kappa shape index (κ3) is 4.35. The number of carbonyl (C=O) groups is 1. The van der Waals surface area contributed by atoms with Crippen LogP contribution in [0.5, 0.6) is 5.75 Å². The number of pyridine rings is 1. The molecule has 3 heterocycles. The first kappa shape index (κ1) is 23.7. The van der Waals surface area contributed by atoms with Crippen molar-refractivity contribution in [1.29, 1.82) is 0 Å². The van der Waals surface area contributed by atoms with E-state index in [2.05, 4.69) is 10.3 Å². The van der Waals surface area contributed by atoms with E-state index in [1.165, 1.54) is 0 Å². The molecule has 0 spiro atoms. The highest BCUT2D eigenvalue weighted by atomic mass is 35.5. The molecular formula is C31H23ClN4O2. The molecule has 0 fully saturated rings. The lowest BCUT2D eigenvalue weighted by atomic mass is 9.92. The van der Waals surface area contributed by atoms with Gasteiger partial charge in [-0.05, 0) is 35.4 Å². The van der Waals surface area contributed by atoms with Crippen molar-refractivity contribution in [1.82, 2.24) is 14.8 Å². The fourth-order valence-electron chi connectivity index (χ4n) is 4.75. The summed E-state index contributed by atoms with van der Waals surface area (Å²) in [7, 11) is 1.62. The monoisotopic (exact) mass is 518 g/mol. The number of hydrogen-bond acceptors (Lipinski definition) is 5. The summed E-state index contributed by atoms with van der Waals surface area (Å²) in [5, 5.41) is 8.83. The Bertz CT molecular complexity index is 1640. The van der Waals surface area contributed by atoms with Crippen LogP contribution in [0.2, 0.25) is 5.02 Å². The molecule has 7 heteroatoms. The van der Waals surface area contributed by atoms with Gasteiger partial charge in [0.15, 0.2) is 0 Å². The number of ether oxygens (including phenoxy) is 1. The molecule has 38 heavy (non-hydrogen) atoms. The van der Waals surface area contributed by atoms with Gasteiger partial charge in [0.1, 0.15) is 17.3 Å². The van der Waals surface area contributed by atoms with Gasteiger partial charge in [-0.15, -0.1) is 0 Å². The van der Waals surface area contributed by atoms with Gasteiger partial charge in [0, 0.05) is 29.4 Å². The summed E-state index contributed by atoms with van der Waals surface area (Å²) in [5.74, 6) is 1.09. The highest BCUT2D eigenvalue weighted by molar-refractivity contribution is 6.30. The fraction of sp³-hybridized carbons (Fsp3) is 0.0645. The van der Waals surface area contributed by atoms with Gasteiger partial charge in [0.2, 0.25) is 0 Å². The van der Waals surface area contributed by atoms with Gasteiger partial charge in [-0.3, -0.25) is 4.79 Å². The SMILES string of the molecule is COc1ccc(C2=C(Nc3ccc(Cl)cn3)Cc3c(-c4ccccc4)c(-c4ccccc4)nn3C2=O)cc1. The molecule has 3 aromatic carbocycles. The van der Waals surface area contributed by atoms with Crippen LogP contribution in [0.3, 0.4) is 0 Å². The summed E-state index contributed by atoms with van der Waals surface area (Å²) < 4.78 is 6.88. The van der Waals surface area contributed by atoms with Crippen molar-refractivity contribution in [2.75, 3.05) is 12.4 Å². The quantitative estimate of drug-likeness (QED) is 0.262. The zero-order valence-electron chi connectivity index (χ0n) is 20.6. The lowest BCUT2D eigenvalue weighted by molar-refractivity contribution is 0.0958. The molecule has 0 amide bonds. The van der Waals surface area contributed by atoms with Crippen molar-refractivity contribution in [2.24, 2.45) is 0 Å². The van der Waals surface area contributed by atoms with E-state index in [9.17, 15) is 4.79 Å². The maximum absolute atomic E-state index is 14.2. The number of nitrogens with one attached hydrogen (secondary N) is 1. The third-order valence-electron chi connectivity index (χ3n) is 6.53. The van der Waals surface area contributed by atoms with Crippen molar-refractivity contribution < 1.29 is 9.53 Å². The highest BCUT2D eigenvalue weighted by Gasteiger charge is 2.33. The van der Waals surface area contributed by atoms with Crippen LogP contribution in [0, 0.1) is 0 Å². The van der Waals surface area contributed by atoms with Crippen LogP contribution in [0.15, 0.2) is 109 Å². The van der Waals surface area contributed by atoms with Crippen LogP contribution in [-0.4, -0.2) is 27.8 Å². The van der Waals surface area contributed by atoms with Crippen LogP contribution in [0.25, 0.3) is 28.0 Å². The Morgan fingerprint density at radius 2 is 1.53 bits per heavy atom. The number of nitrogens with zero attached hydrogens (tertiary/aromatic N) is 3. The molecule has 186 valence electrons. The van der Waals surface area contributed by atoms with E-state index in [-0.39, 0.29) is 5.91 Å². The van der Waals surface area contributed by atoms with E-state index in [0.29, 0.717) is 28.6 Å². The number of rotatable bonds is 6. The maximum atomic E-state index is 14.2. The van der Waals surface area contributed by atoms with E-state index < -0.39 is 0 Å². The summed E-state index contributed by atoms with van der Waals surface area (Å²) in [5.41, 5.74) is 6.48. The van der Waals surface area contributed by atoms with Crippen molar-refractivity contribution in [3.63, 3.8) is 0 Å². The van der Waals surface area contributed by atoms with Crippen LogP contribution < -0.4 is 10.1 Å². The Kier molecular flexibility index (Phi) is 6.23. The molecule has 0 bridgehead atoms. The molecular weight excluding hydrogens is 496 g/mol. The van der Waals surface area contributed by atoms with E-state index >= 15 is 0 Å². The number of halogens is 1. The standard InChI is InChI=1S/C31H23ClN4O2/c1-38-24-15-12-21(13-16-24)28-25(34-27-17-14-23(32)19-33-27)18-26-29(20-8-4-2-5-9-20)30(35-36(26)31(28)37)22-10-6-3-7-11-22/h2-17,19H,18H2,1H3,(H,33,34). The third-order valence-corrected chi connectivity index (χ3v) is 6.75. The Morgan fingerprint density at radius 1 is 0.842 bits per heavy atom. The smallest absolute Gasteiger partial charge is 0.280 e. The van der Waals surface area contributed by atoms with Gasteiger partial charge in [-0.2, -0.15) is 9.78 Å². The minimum absolute atomic E-state index is 0.216. The summed E-state index contributed by atoms with van der Waals surface area (Å²) in [6, 6.07) is 31.0. The molecule has 6 nitrogen and oxygen atoms in total. The lowest BCUT2D eigenvalue weighted by Gasteiger charge is -2.23. The number of anilines is 1. The van der Waals surface area contributed by atoms with E-state index in [4.69, 9.17) is 21.4 Å². The van der Waals surface area contributed by atoms with Gasteiger partial charge in [0.05, 0.1) is 23.4 Å². The molecule has 0 atom stereocenters. The zero-order valence-corrected chi connectivity index (χ0v) is 21.3. The minimum atomic E-state index is -0.216. The second-order valence-corrected chi connectivity index (χ2v) is 9.30. The highest BCUT2D eigenvalue weighted by Crippen LogP contribution is 2.40. The number of hydrogen-bond donors (Lipinski definition) is 1. The summed E-state index contributed by atoms with van der Waals surface area (Å²) in [6.45, 7) is 0. The van der Waals surface area contributed by atoms with Gasteiger partial charge >= 0.3 is 0 Å². The van der Waals surface area contributed by atoms with Crippen molar-refractivity contribution >= 4 is 28.9 Å². The number of allylic oxidation sites excluding steroid dienone is 2. The molecule has 0 saturated heterocycles. The second-order valence-electron chi connectivity index (χ2n) is 8.86. The Labute approximate surface area is 225 Å². The predicted octanol–water partition coefficient (Wildman–Crippen LogP) is 6.99. The number of benzene rings is 3. The molecule has 1 aliphatic heterocycles. The normalized spacial score (nSPS) is 12.8. The van der Waals surface area contributed by atoms with Gasteiger partial charge in [-0.1, -0.05) is 84.4 Å². The first-order valence-corrected chi connectivity index (χ1v) is 12.5. The average molecular weight is 519 g/mol. The molecule has 0 saturated carbocycles. The summed E-state index contributed by atoms with van der Waals surface area (Å²) in [6.07, 6.45) is 2.02. The van der Waals surface area contributed by atoms with Crippen LogP contribution >= 0.6 is 11.6 Å². The molecule has 1 N–H and O–H groups in total. The minimum Gasteiger partial charge on any atom is -0.497 e. The molecule has 2 aromatic heterocycles. The van der Waals surface area contributed by atoms with E-state index in [1.54, 1.807) is 30.1 Å². The molecule has 6 rings (SSSR count). The van der Waals surface area contributed by atoms with Gasteiger partial charge in [0.25, 0.3) is 5.91 Å². The average Bonchev–Trinajstić information content (AvgIpc) is 3.35. The van der Waals surface area contributed by atoms with E-state index in [0.717, 1.165) is 39.3 Å². The predicted molar refractivity (Wildman–Crippen MR) is 150 cm³/mol. The molecule has 0 radical (unpaired) electrons. The van der Waals surface area contributed by atoms with Gasteiger partial charge < -0.3 is 10.1 Å². The number of carbonyl (C=O) groups excluding carboxylic acids is 1. The first-order valence-electron chi connectivity index (χ1n) is 12.2. The van der Waals surface area contributed by atoms with Crippen molar-refractivity contribution in [3.05, 3.63) is 125 Å². The summed E-state index contributed by atoms with van der Waals surface area (Å²) in [4.78, 5) is 18.6. The van der Waals surface area contributed by atoms with Crippen LogP contribution in [-0.2, 0) is 6.42 Å². The van der Waals surface area contributed by atoms with Crippen molar-refractivity contribution in [3.8, 4) is 28.1 Å². The van der Waals surface area contributed by atoms with Crippen LogP contribution in [0.1, 0.15) is 16.1 Å². The molecule has 0 aliphatic carbocycles. The van der Waals surface area contributed by atoms with E-state index in [1.807, 2.05) is 84.9 Å². The van der Waals surface area contributed by atoms with Crippen LogP contribution in [0.4, 0.5) is 5.82 Å². The number of methoxy groups -OCH3 is 1. The number of aromatic nitrogens is 3. The Balaban J connectivity index is 1.55. The largest absolute Gasteiger partial charge is 0.497 e.